The summed E-state index contributed by atoms with van der Waals surface area (Å²) in [6.45, 7) is 8.81. The highest BCUT2D eigenvalue weighted by Crippen LogP contribution is 2.32. The normalized spacial score (nSPS) is 14.7. The maximum atomic E-state index is 13.2. The standard InChI is InChI=1S/C20H25N5O2S.ClH/c1-14-4-5-17-18(15(14)2)21-20(28-17)25(9-8-24-10-12-27-13-11-24)19(26)16-6-7-23(3)22-16;/h4-7H,8-13H2,1-3H3;1H. The van der Waals surface area contributed by atoms with Crippen LogP contribution in [-0.2, 0) is 11.8 Å². The number of halogens is 1. The summed E-state index contributed by atoms with van der Waals surface area (Å²) >= 11 is 1.56. The summed E-state index contributed by atoms with van der Waals surface area (Å²) in [6.07, 6.45) is 1.79. The molecule has 1 aliphatic rings. The van der Waals surface area contributed by atoms with Crippen LogP contribution in [0.3, 0.4) is 0 Å². The highest BCUT2D eigenvalue weighted by atomic mass is 35.5. The number of rotatable bonds is 5. The maximum Gasteiger partial charge on any atom is 0.280 e. The number of hydrogen-bond acceptors (Lipinski definition) is 6. The number of nitrogens with zero attached hydrogens (tertiary/aromatic N) is 5. The Morgan fingerprint density at radius 2 is 2.00 bits per heavy atom. The van der Waals surface area contributed by atoms with Gasteiger partial charge in [0.1, 0.15) is 0 Å². The Morgan fingerprint density at radius 1 is 1.24 bits per heavy atom. The van der Waals surface area contributed by atoms with E-state index in [4.69, 9.17) is 9.72 Å². The van der Waals surface area contributed by atoms with Gasteiger partial charge in [-0.15, -0.1) is 12.4 Å². The molecule has 29 heavy (non-hydrogen) atoms. The van der Waals surface area contributed by atoms with Gasteiger partial charge in [-0.05, 0) is 37.1 Å². The number of benzene rings is 1. The van der Waals surface area contributed by atoms with Crippen molar-refractivity contribution in [2.45, 2.75) is 13.8 Å². The van der Waals surface area contributed by atoms with E-state index in [1.807, 2.05) is 7.05 Å². The Hall–Kier alpha value is -2.00. The number of aromatic nitrogens is 3. The number of morpholine rings is 1. The van der Waals surface area contributed by atoms with Crippen LogP contribution in [0, 0.1) is 13.8 Å². The molecule has 0 unspecified atom stereocenters. The second-order valence-electron chi connectivity index (χ2n) is 7.14. The van der Waals surface area contributed by atoms with Crippen molar-refractivity contribution in [2.24, 2.45) is 7.05 Å². The maximum absolute atomic E-state index is 13.2. The molecular weight excluding hydrogens is 410 g/mol. The van der Waals surface area contributed by atoms with Gasteiger partial charge in [-0.25, -0.2) is 4.98 Å². The van der Waals surface area contributed by atoms with Crippen molar-refractivity contribution in [3.05, 3.63) is 41.2 Å². The third kappa shape index (κ3) is 4.61. The van der Waals surface area contributed by atoms with E-state index in [9.17, 15) is 4.79 Å². The predicted octanol–water partition coefficient (Wildman–Crippen LogP) is 3.05. The van der Waals surface area contributed by atoms with Gasteiger partial charge in [0, 0.05) is 39.4 Å². The first-order valence-corrected chi connectivity index (χ1v) is 10.3. The minimum atomic E-state index is -0.109. The third-order valence-electron chi connectivity index (χ3n) is 5.23. The molecule has 156 valence electrons. The van der Waals surface area contributed by atoms with Crippen molar-refractivity contribution >= 4 is 45.0 Å². The van der Waals surface area contributed by atoms with Gasteiger partial charge in [0.15, 0.2) is 10.8 Å². The molecule has 1 fully saturated rings. The van der Waals surface area contributed by atoms with Crippen LogP contribution in [0.4, 0.5) is 5.13 Å². The van der Waals surface area contributed by atoms with Gasteiger partial charge in [0.05, 0.1) is 23.4 Å². The molecule has 1 aromatic carbocycles. The van der Waals surface area contributed by atoms with Crippen molar-refractivity contribution in [1.29, 1.82) is 0 Å². The summed E-state index contributed by atoms with van der Waals surface area (Å²) < 4.78 is 8.18. The number of anilines is 1. The molecule has 0 saturated carbocycles. The van der Waals surface area contributed by atoms with Gasteiger partial charge in [-0.1, -0.05) is 17.4 Å². The zero-order chi connectivity index (χ0) is 19.7. The molecule has 1 aliphatic heterocycles. The molecule has 4 rings (SSSR count). The molecule has 0 spiro atoms. The van der Waals surface area contributed by atoms with E-state index in [1.165, 1.54) is 11.1 Å². The molecule has 0 aliphatic carbocycles. The number of fused-ring (bicyclic) bond motifs is 1. The van der Waals surface area contributed by atoms with Gasteiger partial charge in [-0.3, -0.25) is 19.3 Å². The molecule has 7 nitrogen and oxygen atoms in total. The summed E-state index contributed by atoms with van der Waals surface area (Å²) in [5, 5.41) is 5.04. The fourth-order valence-electron chi connectivity index (χ4n) is 3.35. The van der Waals surface area contributed by atoms with Crippen LogP contribution in [-0.4, -0.2) is 65.0 Å². The lowest BCUT2D eigenvalue weighted by molar-refractivity contribution is 0.0391. The van der Waals surface area contributed by atoms with Crippen LogP contribution in [0.15, 0.2) is 24.4 Å². The van der Waals surface area contributed by atoms with Crippen LogP contribution in [0.2, 0.25) is 0 Å². The van der Waals surface area contributed by atoms with E-state index in [1.54, 1.807) is 33.2 Å². The summed E-state index contributed by atoms with van der Waals surface area (Å²) in [5.41, 5.74) is 3.79. The van der Waals surface area contributed by atoms with Gasteiger partial charge in [0.25, 0.3) is 5.91 Å². The lowest BCUT2D eigenvalue weighted by Gasteiger charge is -2.29. The minimum Gasteiger partial charge on any atom is -0.379 e. The van der Waals surface area contributed by atoms with E-state index in [2.05, 4.69) is 36.0 Å². The molecule has 1 amide bonds. The second kappa shape index (κ2) is 9.21. The number of amides is 1. The fraction of sp³-hybridized carbons (Fsp3) is 0.450. The molecule has 0 bridgehead atoms. The molecule has 2 aromatic heterocycles. The Kier molecular flexibility index (Phi) is 6.89. The number of aryl methyl sites for hydroxylation is 3. The van der Waals surface area contributed by atoms with Gasteiger partial charge in [-0.2, -0.15) is 5.10 Å². The molecule has 0 radical (unpaired) electrons. The van der Waals surface area contributed by atoms with Crippen molar-refractivity contribution < 1.29 is 9.53 Å². The van der Waals surface area contributed by atoms with Crippen LogP contribution in [0.1, 0.15) is 21.6 Å². The van der Waals surface area contributed by atoms with Crippen molar-refractivity contribution in [3.63, 3.8) is 0 Å². The molecule has 9 heteroatoms. The SMILES string of the molecule is Cc1ccc2sc(N(CCN3CCOCC3)C(=O)c3ccn(C)n3)nc2c1C.Cl. The highest BCUT2D eigenvalue weighted by molar-refractivity contribution is 7.22. The van der Waals surface area contributed by atoms with Crippen LogP contribution in [0.25, 0.3) is 10.2 Å². The molecular formula is C20H26ClN5O2S. The monoisotopic (exact) mass is 435 g/mol. The van der Waals surface area contributed by atoms with Crippen molar-refractivity contribution in [3.8, 4) is 0 Å². The largest absolute Gasteiger partial charge is 0.379 e. The van der Waals surface area contributed by atoms with Crippen LogP contribution >= 0.6 is 23.7 Å². The number of carbonyl (C=O) groups excluding carboxylic acids is 1. The average molecular weight is 436 g/mol. The summed E-state index contributed by atoms with van der Waals surface area (Å²) in [4.78, 5) is 22.2. The molecule has 1 saturated heterocycles. The third-order valence-corrected chi connectivity index (χ3v) is 6.27. The Morgan fingerprint density at radius 3 is 2.69 bits per heavy atom. The Labute approximate surface area is 180 Å². The molecule has 3 aromatic rings. The minimum absolute atomic E-state index is 0. The molecule has 3 heterocycles. The summed E-state index contributed by atoms with van der Waals surface area (Å²) in [7, 11) is 1.82. The van der Waals surface area contributed by atoms with E-state index < -0.39 is 0 Å². The first-order valence-electron chi connectivity index (χ1n) is 9.51. The van der Waals surface area contributed by atoms with Crippen molar-refractivity contribution in [2.75, 3.05) is 44.3 Å². The number of carbonyl (C=O) groups is 1. The molecule has 0 N–H and O–H groups in total. The average Bonchev–Trinajstić information content (AvgIpc) is 3.32. The zero-order valence-corrected chi connectivity index (χ0v) is 18.6. The number of ether oxygens (including phenoxy) is 1. The van der Waals surface area contributed by atoms with Crippen LogP contribution in [0.5, 0.6) is 0 Å². The highest BCUT2D eigenvalue weighted by Gasteiger charge is 2.24. The van der Waals surface area contributed by atoms with Gasteiger partial charge in [0.2, 0.25) is 0 Å². The van der Waals surface area contributed by atoms with Gasteiger partial charge >= 0.3 is 0 Å². The molecule has 0 atom stereocenters. The second-order valence-corrected chi connectivity index (χ2v) is 8.15. The van der Waals surface area contributed by atoms with E-state index in [0.29, 0.717) is 12.2 Å². The van der Waals surface area contributed by atoms with Gasteiger partial charge < -0.3 is 4.74 Å². The fourth-order valence-corrected chi connectivity index (χ4v) is 4.40. The lowest BCUT2D eigenvalue weighted by atomic mass is 10.1. The zero-order valence-electron chi connectivity index (χ0n) is 16.9. The van der Waals surface area contributed by atoms with E-state index in [0.717, 1.165) is 48.2 Å². The first kappa shape index (κ1) is 21.7. The van der Waals surface area contributed by atoms with Crippen LogP contribution < -0.4 is 4.90 Å². The lowest BCUT2D eigenvalue weighted by Crippen LogP contribution is -2.43. The number of hydrogen-bond donors (Lipinski definition) is 0. The Balaban J connectivity index is 0.00000240. The summed E-state index contributed by atoms with van der Waals surface area (Å²) in [6, 6.07) is 5.95. The Bertz CT molecular complexity index is 996. The smallest absolute Gasteiger partial charge is 0.280 e. The first-order chi connectivity index (χ1) is 13.5. The van der Waals surface area contributed by atoms with E-state index in [-0.39, 0.29) is 18.3 Å². The number of thiazole rings is 1. The summed E-state index contributed by atoms with van der Waals surface area (Å²) in [5.74, 6) is -0.109. The van der Waals surface area contributed by atoms with E-state index >= 15 is 0 Å². The topological polar surface area (TPSA) is 63.5 Å². The predicted molar refractivity (Wildman–Crippen MR) is 118 cm³/mol. The van der Waals surface area contributed by atoms with Crippen molar-refractivity contribution in [1.82, 2.24) is 19.7 Å². The quantitative estimate of drug-likeness (QED) is 0.616.